The van der Waals surface area contributed by atoms with Crippen molar-refractivity contribution in [3.05, 3.63) is 67.6 Å². The zero-order valence-corrected chi connectivity index (χ0v) is 11.1. The molecule has 0 bridgehead atoms. The van der Waals surface area contributed by atoms with Gasteiger partial charge in [0.1, 0.15) is 0 Å². The molecule has 0 atom stereocenters. The molecule has 6 heteroatoms. The van der Waals surface area contributed by atoms with E-state index in [0.717, 1.165) is 0 Å². The maximum absolute atomic E-state index is 11.3. The Labute approximate surface area is 118 Å². The highest BCUT2D eigenvalue weighted by Gasteiger charge is 2.14. The minimum atomic E-state index is -1.12. The average molecular weight is 298 g/mol. The number of carbonyl (C=O) groups is 1. The van der Waals surface area contributed by atoms with Crippen LogP contribution in [0.3, 0.4) is 0 Å². The van der Waals surface area contributed by atoms with Gasteiger partial charge in [0.05, 0.1) is 5.56 Å². The second kappa shape index (κ2) is 5.47. The molecule has 2 rings (SSSR count). The van der Waals surface area contributed by atoms with Gasteiger partial charge in [0.15, 0.2) is 0 Å². The Bertz CT molecular complexity index is 674. The summed E-state index contributed by atoms with van der Waals surface area (Å²) in [5.74, 6) is -1.12. The van der Waals surface area contributed by atoms with Crippen LogP contribution in [-0.4, -0.2) is 16.1 Å². The third kappa shape index (κ3) is 2.97. The molecular weight excluding hydrogens is 289 g/mol. The lowest BCUT2D eigenvalue weighted by molar-refractivity contribution is 0.0695. The second-order valence-corrected chi connectivity index (χ2v) is 4.71. The Balaban J connectivity index is 2.52. The lowest BCUT2D eigenvalue weighted by atomic mass is 10.1. The highest BCUT2D eigenvalue weighted by atomic mass is 35.5. The zero-order valence-electron chi connectivity index (χ0n) is 9.61. The van der Waals surface area contributed by atoms with Crippen molar-refractivity contribution in [3.63, 3.8) is 0 Å². The molecule has 2 aromatic rings. The van der Waals surface area contributed by atoms with Gasteiger partial charge in [-0.25, -0.2) is 4.79 Å². The Morgan fingerprint density at radius 2 is 1.79 bits per heavy atom. The molecule has 0 unspecified atom stereocenters. The predicted octanol–water partition coefficient (Wildman–Crippen LogP) is 2.97. The van der Waals surface area contributed by atoms with Crippen molar-refractivity contribution in [2.45, 2.75) is 6.42 Å². The summed E-state index contributed by atoms with van der Waals surface area (Å²) in [7, 11) is 0. The van der Waals surface area contributed by atoms with E-state index >= 15 is 0 Å². The predicted molar refractivity (Wildman–Crippen MR) is 73.3 cm³/mol. The van der Waals surface area contributed by atoms with Crippen molar-refractivity contribution in [1.82, 2.24) is 4.98 Å². The van der Waals surface area contributed by atoms with Gasteiger partial charge in [0.25, 0.3) is 0 Å². The first-order chi connectivity index (χ1) is 8.99. The number of carboxylic acid groups (broad SMARTS) is 1. The van der Waals surface area contributed by atoms with Crippen LogP contribution in [0.1, 0.15) is 21.6 Å². The average Bonchev–Trinajstić information content (AvgIpc) is 2.33. The number of H-pyrrole nitrogens is 1. The van der Waals surface area contributed by atoms with Crippen LogP contribution in [0.25, 0.3) is 0 Å². The number of carboxylic acids is 1. The Morgan fingerprint density at radius 3 is 2.37 bits per heavy atom. The van der Waals surface area contributed by atoms with Gasteiger partial charge < -0.3 is 10.1 Å². The Morgan fingerprint density at radius 1 is 1.16 bits per heavy atom. The van der Waals surface area contributed by atoms with Crippen LogP contribution in [0, 0.1) is 0 Å². The van der Waals surface area contributed by atoms with Gasteiger partial charge in [0, 0.05) is 28.2 Å². The molecule has 0 aliphatic carbocycles. The maximum atomic E-state index is 11.3. The van der Waals surface area contributed by atoms with Gasteiger partial charge in [-0.3, -0.25) is 4.79 Å². The van der Waals surface area contributed by atoms with Crippen molar-refractivity contribution < 1.29 is 9.90 Å². The highest BCUT2D eigenvalue weighted by molar-refractivity contribution is 6.36. The zero-order chi connectivity index (χ0) is 14.0. The van der Waals surface area contributed by atoms with Crippen LogP contribution in [0.15, 0.2) is 35.1 Å². The summed E-state index contributed by atoms with van der Waals surface area (Å²) in [5, 5.41) is 9.93. The fourth-order valence-corrected chi connectivity index (χ4v) is 2.27. The molecule has 4 nitrogen and oxygen atoms in total. The van der Waals surface area contributed by atoms with Gasteiger partial charge in [0.2, 0.25) is 5.56 Å². The molecule has 1 aromatic heterocycles. The number of aromatic amines is 1. The summed E-state index contributed by atoms with van der Waals surface area (Å²) in [6.07, 6.45) is 0.149. The molecule has 98 valence electrons. The molecule has 0 spiro atoms. The van der Waals surface area contributed by atoms with Crippen LogP contribution < -0.4 is 5.56 Å². The van der Waals surface area contributed by atoms with Gasteiger partial charge in [-0.2, -0.15) is 0 Å². The van der Waals surface area contributed by atoms with E-state index < -0.39 is 5.97 Å². The van der Waals surface area contributed by atoms with Crippen LogP contribution in [0.4, 0.5) is 0 Å². The molecule has 0 saturated carbocycles. The number of halogens is 2. The Hall–Kier alpha value is -1.78. The minimum Gasteiger partial charge on any atom is -0.478 e. The van der Waals surface area contributed by atoms with Crippen molar-refractivity contribution in [3.8, 4) is 0 Å². The van der Waals surface area contributed by atoms with Gasteiger partial charge in [-0.05, 0) is 23.8 Å². The molecule has 19 heavy (non-hydrogen) atoms. The number of hydrogen-bond acceptors (Lipinski definition) is 2. The minimum absolute atomic E-state index is 0.0237. The molecule has 0 aliphatic heterocycles. The molecule has 0 saturated heterocycles. The quantitative estimate of drug-likeness (QED) is 0.915. The van der Waals surface area contributed by atoms with Gasteiger partial charge >= 0.3 is 5.97 Å². The van der Waals surface area contributed by atoms with Crippen LogP contribution in [-0.2, 0) is 6.42 Å². The van der Waals surface area contributed by atoms with E-state index in [-0.39, 0.29) is 23.2 Å². The molecule has 0 fully saturated rings. The standard InChI is InChI=1S/C13H9Cl2NO3/c14-9-2-1-3-10(15)8(9)6-11-7(13(18)19)4-5-12(17)16-11/h1-5H,6H2,(H,16,17)(H,18,19). The maximum Gasteiger partial charge on any atom is 0.337 e. The number of nitrogens with one attached hydrogen (secondary N) is 1. The van der Waals surface area contributed by atoms with Crippen molar-refractivity contribution in [1.29, 1.82) is 0 Å². The van der Waals surface area contributed by atoms with E-state index in [1.807, 2.05) is 0 Å². The fraction of sp³-hybridized carbons (Fsp3) is 0.0769. The first kappa shape index (κ1) is 13.6. The summed E-state index contributed by atoms with van der Waals surface area (Å²) >= 11 is 12.1. The normalized spacial score (nSPS) is 10.4. The summed E-state index contributed by atoms with van der Waals surface area (Å²) < 4.78 is 0. The summed E-state index contributed by atoms with van der Waals surface area (Å²) in [5.41, 5.74) is 0.504. The van der Waals surface area contributed by atoms with E-state index in [0.29, 0.717) is 15.6 Å². The molecule has 0 radical (unpaired) electrons. The van der Waals surface area contributed by atoms with Gasteiger partial charge in [-0.1, -0.05) is 29.3 Å². The summed E-state index contributed by atoms with van der Waals surface area (Å²) in [4.78, 5) is 24.9. The highest BCUT2D eigenvalue weighted by Crippen LogP contribution is 2.26. The lowest BCUT2D eigenvalue weighted by Crippen LogP contribution is -2.14. The van der Waals surface area contributed by atoms with Crippen molar-refractivity contribution in [2.75, 3.05) is 0 Å². The molecule has 0 amide bonds. The van der Waals surface area contributed by atoms with Crippen molar-refractivity contribution >= 4 is 29.2 Å². The monoisotopic (exact) mass is 297 g/mol. The third-order valence-corrected chi connectivity index (χ3v) is 3.35. The van der Waals surface area contributed by atoms with Crippen LogP contribution in [0.5, 0.6) is 0 Å². The molecule has 0 aliphatic rings. The largest absolute Gasteiger partial charge is 0.478 e. The number of rotatable bonds is 3. The molecular formula is C13H9Cl2NO3. The fourth-order valence-electron chi connectivity index (χ4n) is 1.74. The first-order valence-electron chi connectivity index (χ1n) is 5.37. The Kier molecular flexibility index (Phi) is 3.93. The summed E-state index contributed by atoms with van der Waals surface area (Å²) in [6, 6.07) is 7.44. The third-order valence-electron chi connectivity index (χ3n) is 2.65. The van der Waals surface area contributed by atoms with Crippen LogP contribution in [0.2, 0.25) is 10.0 Å². The van der Waals surface area contributed by atoms with Crippen LogP contribution >= 0.6 is 23.2 Å². The lowest BCUT2D eigenvalue weighted by Gasteiger charge is -2.09. The van der Waals surface area contributed by atoms with E-state index in [2.05, 4.69) is 4.98 Å². The number of hydrogen-bond donors (Lipinski definition) is 2. The van der Waals surface area contributed by atoms with E-state index in [1.54, 1.807) is 18.2 Å². The first-order valence-corrected chi connectivity index (χ1v) is 6.13. The SMILES string of the molecule is O=C(O)c1ccc(=O)[nH]c1Cc1c(Cl)cccc1Cl. The van der Waals surface area contributed by atoms with E-state index in [1.165, 1.54) is 12.1 Å². The smallest absolute Gasteiger partial charge is 0.337 e. The molecule has 1 heterocycles. The van der Waals surface area contributed by atoms with E-state index in [4.69, 9.17) is 28.3 Å². The number of aromatic nitrogens is 1. The topological polar surface area (TPSA) is 70.2 Å². The van der Waals surface area contributed by atoms with Gasteiger partial charge in [-0.15, -0.1) is 0 Å². The summed E-state index contributed by atoms with van der Waals surface area (Å²) in [6.45, 7) is 0. The molecule has 2 N–H and O–H groups in total. The second-order valence-electron chi connectivity index (χ2n) is 3.90. The number of pyridine rings is 1. The van der Waals surface area contributed by atoms with E-state index in [9.17, 15) is 9.59 Å². The number of aromatic carboxylic acids is 1. The van der Waals surface area contributed by atoms with Crippen molar-refractivity contribution in [2.24, 2.45) is 0 Å². The molecule has 1 aromatic carbocycles. The number of benzene rings is 1.